The molecule has 0 saturated heterocycles. The molecule has 2 fully saturated rings. The van der Waals surface area contributed by atoms with Crippen molar-refractivity contribution in [2.45, 2.75) is 48.5 Å². The zero-order valence-corrected chi connectivity index (χ0v) is 13.1. The third kappa shape index (κ3) is 2.12. The van der Waals surface area contributed by atoms with E-state index >= 15 is 0 Å². The lowest BCUT2D eigenvalue weighted by Crippen LogP contribution is -2.35. The molecular weight excluding hydrogens is 256 g/mol. The van der Waals surface area contributed by atoms with Gasteiger partial charge in [0.05, 0.1) is 0 Å². The van der Waals surface area contributed by atoms with Gasteiger partial charge in [0.25, 0.3) is 0 Å². The first-order valence-electron chi connectivity index (χ1n) is 6.85. The van der Waals surface area contributed by atoms with Crippen molar-refractivity contribution in [2.24, 2.45) is 17.3 Å². The second-order valence-electron chi connectivity index (χ2n) is 6.75. The van der Waals surface area contributed by atoms with Crippen LogP contribution in [0.4, 0.5) is 0 Å². The van der Waals surface area contributed by atoms with Gasteiger partial charge in [0.1, 0.15) is 0 Å². The molecule has 0 bridgehead atoms. The van der Waals surface area contributed by atoms with Crippen LogP contribution in [-0.4, -0.2) is 10.00 Å². The number of hydrogen-bond acceptors (Lipinski definition) is 2. The van der Waals surface area contributed by atoms with Gasteiger partial charge < -0.3 is 0 Å². The van der Waals surface area contributed by atoms with Crippen molar-refractivity contribution in [3.05, 3.63) is 30.3 Å². The predicted octanol–water partition coefficient (Wildman–Crippen LogP) is 4.90. The molecule has 98 valence electrons. The Morgan fingerprint density at radius 3 is 2.44 bits per heavy atom. The lowest BCUT2D eigenvalue weighted by molar-refractivity contribution is 0.417. The first-order valence-corrected chi connectivity index (χ1v) is 8.18. The molecule has 0 heterocycles. The van der Waals surface area contributed by atoms with E-state index in [1.165, 1.54) is 17.7 Å². The zero-order valence-electron chi connectivity index (χ0n) is 11.4. The van der Waals surface area contributed by atoms with Crippen molar-refractivity contribution in [1.29, 1.82) is 0 Å². The van der Waals surface area contributed by atoms with Crippen molar-refractivity contribution >= 4 is 24.4 Å². The molecule has 0 aromatic heterocycles. The summed E-state index contributed by atoms with van der Waals surface area (Å²) >= 11 is 7.01. The van der Waals surface area contributed by atoms with Crippen molar-refractivity contribution in [1.82, 2.24) is 0 Å². The highest BCUT2D eigenvalue weighted by atomic mass is 32.2. The minimum atomic E-state index is 0.176. The van der Waals surface area contributed by atoms with Gasteiger partial charge in [0.15, 0.2) is 0 Å². The first kappa shape index (κ1) is 12.9. The van der Waals surface area contributed by atoms with Crippen molar-refractivity contribution < 1.29 is 0 Å². The Bertz CT molecular complexity index is 436. The van der Waals surface area contributed by atoms with Gasteiger partial charge in [0.2, 0.25) is 0 Å². The Kier molecular flexibility index (Phi) is 3.02. The van der Waals surface area contributed by atoms with E-state index in [-0.39, 0.29) is 4.75 Å². The second kappa shape index (κ2) is 4.21. The summed E-state index contributed by atoms with van der Waals surface area (Å²) in [6.07, 6.45) is 2.61. The minimum absolute atomic E-state index is 0.176. The molecular formula is C16H22S2. The average Bonchev–Trinajstić information content (AvgIpc) is 2.81. The van der Waals surface area contributed by atoms with E-state index in [9.17, 15) is 0 Å². The van der Waals surface area contributed by atoms with Crippen LogP contribution in [0, 0.1) is 17.3 Å². The van der Waals surface area contributed by atoms with Gasteiger partial charge in [-0.2, -0.15) is 12.6 Å². The molecule has 4 atom stereocenters. The van der Waals surface area contributed by atoms with Gasteiger partial charge in [0, 0.05) is 14.9 Å². The molecule has 2 aliphatic carbocycles. The van der Waals surface area contributed by atoms with Crippen molar-refractivity contribution in [3.63, 3.8) is 0 Å². The molecule has 2 heteroatoms. The molecule has 0 nitrogen and oxygen atoms in total. The molecule has 0 amide bonds. The molecule has 18 heavy (non-hydrogen) atoms. The van der Waals surface area contributed by atoms with Gasteiger partial charge in [-0.3, -0.25) is 0 Å². The van der Waals surface area contributed by atoms with Crippen LogP contribution in [-0.2, 0) is 0 Å². The maximum atomic E-state index is 4.99. The molecule has 3 rings (SSSR count). The fraction of sp³-hybridized carbons (Fsp3) is 0.625. The third-order valence-electron chi connectivity index (χ3n) is 5.10. The average molecular weight is 278 g/mol. The summed E-state index contributed by atoms with van der Waals surface area (Å²) in [5.74, 6) is 1.84. The second-order valence-corrected chi connectivity index (χ2v) is 9.05. The molecule has 0 spiro atoms. The van der Waals surface area contributed by atoms with E-state index in [0.29, 0.717) is 10.7 Å². The van der Waals surface area contributed by atoms with Crippen LogP contribution in [0.25, 0.3) is 0 Å². The molecule has 1 aromatic carbocycles. The number of fused-ring (bicyclic) bond motifs is 1. The summed E-state index contributed by atoms with van der Waals surface area (Å²) in [6, 6.07) is 10.8. The summed E-state index contributed by atoms with van der Waals surface area (Å²) in [6.45, 7) is 7.20. The number of hydrogen-bond donors (Lipinski definition) is 1. The van der Waals surface area contributed by atoms with E-state index < -0.39 is 0 Å². The van der Waals surface area contributed by atoms with Gasteiger partial charge in [-0.1, -0.05) is 32.0 Å². The van der Waals surface area contributed by atoms with Crippen molar-refractivity contribution in [3.8, 4) is 0 Å². The van der Waals surface area contributed by atoms with Crippen molar-refractivity contribution in [2.75, 3.05) is 0 Å². The quantitative estimate of drug-likeness (QED) is 0.751. The SMILES string of the molecule is CC1(C)[C@@H]2C[C@@H](Sc3ccccc3)[C@@](C)(S)C[C@H]21. The van der Waals surface area contributed by atoms with Gasteiger partial charge in [-0.25, -0.2) is 0 Å². The standard InChI is InChI=1S/C16H22S2/c1-15(2)12-9-14(16(3,17)10-13(12)15)18-11-7-5-4-6-8-11/h4-8,12-14,17H,9-10H2,1-3H3/t12-,13-,14-,16+/m1/s1. The van der Waals surface area contributed by atoms with E-state index in [1.807, 2.05) is 11.8 Å². The highest BCUT2D eigenvalue weighted by Gasteiger charge is 2.63. The maximum Gasteiger partial charge on any atom is 0.0239 e. The summed E-state index contributed by atoms with van der Waals surface area (Å²) in [7, 11) is 0. The first-order chi connectivity index (χ1) is 8.41. The van der Waals surface area contributed by atoms with E-state index in [4.69, 9.17) is 12.6 Å². The molecule has 2 aliphatic rings. The Hall–Kier alpha value is -0.0800. The van der Waals surface area contributed by atoms with Crippen LogP contribution in [0.2, 0.25) is 0 Å². The van der Waals surface area contributed by atoms with Crippen LogP contribution in [0.5, 0.6) is 0 Å². The highest BCUT2D eigenvalue weighted by Crippen LogP contribution is 2.68. The summed E-state index contributed by atoms with van der Waals surface area (Å²) in [5, 5.41) is 0.645. The minimum Gasteiger partial charge on any atom is -0.172 e. The highest BCUT2D eigenvalue weighted by molar-refractivity contribution is 8.00. The Morgan fingerprint density at radius 1 is 1.11 bits per heavy atom. The van der Waals surface area contributed by atoms with Gasteiger partial charge >= 0.3 is 0 Å². The molecule has 0 aliphatic heterocycles. The van der Waals surface area contributed by atoms with E-state index in [1.54, 1.807) is 0 Å². The topological polar surface area (TPSA) is 0 Å². The number of thiol groups is 1. The van der Waals surface area contributed by atoms with Crippen LogP contribution < -0.4 is 0 Å². The van der Waals surface area contributed by atoms with Crippen LogP contribution in [0.1, 0.15) is 33.6 Å². The van der Waals surface area contributed by atoms with Crippen LogP contribution >= 0.6 is 24.4 Å². The fourth-order valence-corrected chi connectivity index (χ4v) is 5.39. The number of rotatable bonds is 2. The molecule has 2 saturated carbocycles. The van der Waals surface area contributed by atoms with E-state index in [2.05, 4.69) is 51.1 Å². The Morgan fingerprint density at radius 2 is 1.78 bits per heavy atom. The number of thioether (sulfide) groups is 1. The summed E-state index contributed by atoms with van der Waals surface area (Å²) < 4.78 is 0.176. The Balaban J connectivity index is 1.76. The Labute approximate surface area is 120 Å². The van der Waals surface area contributed by atoms with Crippen LogP contribution in [0.3, 0.4) is 0 Å². The molecule has 1 aromatic rings. The lowest BCUT2D eigenvalue weighted by Gasteiger charge is -2.36. The van der Waals surface area contributed by atoms with Crippen LogP contribution in [0.15, 0.2) is 35.2 Å². The lowest BCUT2D eigenvalue weighted by atomic mass is 9.89. The van der Waals surface area contributed by atoms with E-state index in [0.717, 1.165) is 11.8 Å². The smallest absolute Gasteiger partial charge is 0.0239 e. The van der Waals surface area contributed by atoms with Gasteiger partial charge in [-0.15, -0.1) is 11.8 Å². The predicted molar refractivity (Wildman–Crippen MR) is 83.5 cm³/mol. The maximum absolute atomic E-state index is 4.99. The van der Waals surface area contributed by atoms with Gasteiger partial charge in [-0.05, 0) is 49.1 Å². The third-order valence-corrected chi connectivity index (χ3v) is 7.31. The molecule has 0 N–H and O–H groups in total. The normalized spacial score (nSPS) is 41.2. The summed E-state index contributed by atoms with van der Waals surface area (Å²) in [4.78, 5) is 1.39. The molecule has 0 unspecified atom stereocenters. The summed E-state index contributed by atoms with van der Waals surface area (Å²) in [5.41, 5.74) is 0.565. The monoisotopic (exact) mass is 278 g/mol. The largest absolute Gasteiger partial charge is 0.172 e. The fourth-order valence-electron chi connectivity index (χ4n) is 3.63. The zero-order chi connectivity index (χ0) is 13.0. The molecule has 0 radical (unpaired) electrons. The number of benzene rings is 1.